The van der Waals surface area contributed by atoms with Crippen LogP contribution in [0.1, 0.15) is 32.0 Å². The van der Waals surface area contributed by atoms with Crippen molar-refractivity contribution in [3.63, 3.8) is 0 Å². The zero-order chi connectivity index (χ0) is 13.0. The predicted molar refractivity (Wildman–Crippen MR) is 67.5 cm³/mol. The number of aliphatic hydroxyl groups excluding tert-OH is 1. The van der Waals surface area contributed by atoms with Gasteiger partial charge in [0.2, 0.25) is 5.43 Å². The van der Waals surface area contributed by atoms with E-state index in [1.165, 1.54) is 6.07 Å². The van der Waals surface area contributed by atoms with E-state index >= 15 is 0 Å². The molecule has 0 amide bonds. The van der Waals surface area contributed by atoms with Crippen LogP contribution in [0.25, 0.3) is 0 Å². The predicted octanol–water partition coefficient (Wildman–Crippen LogP) is 1.87. The molecule has 2 atom stereocenters. The Hall–Kier alpha value is -1.00. The highest BCUT2D eigenvalue weighted by molar-refractivity contribution is 6.17. The number of rotatable bonds is 5. The van der Waals surface area contributed by atoms with Crippen LogP contribution in [0.5, 0.6) is 5.75 Å². The van der Waals surface area contributed by atoms with Gasteiger partial charge in [0.1, 0.15) is 0 Å². The monoisotopic (exact) mass is 259 g/mol. The van der Waals surface area contributed by atoms with Crippen molar-refractivity contribution in [2.75, 3.05) is 6.61 Å². The lowest BCUT2D eigenvalue weighted by molar-refractivity contribution is 0.180. The van der Waals surface area contributed by atoms with Crippen molar-refractivity contribution < 1.29 is 10.2 Å². The average molecular weight is 260 g/mol. The molecule has 0 fully saturated rings. The number of hydrogen-bond donors (Lipinski definition) is 2. The molecule has 1 aromatic heterocycles. The number of nitrogens with zero attached hydrogens (tertiary/aromatic N) is 1. The Balaban J connectivity index is 3.29. The third kappa shape index (κ3) is 2.82. The van der Waals surface area contributed by atoms with Gasteiger partial charge in [-0.15, -0.1) is 11.6 Å². The lowest BCUT2D eigenvalue weighted by Crippen LogP contribution is -2.24. The van der Waals surface area contributed by atoms with Gasteiger partial charge in [-0.1, -0.05) is 20.3 Å². The van der Waals surface area contributed by atoms with E-state index < -0.39 is 5.43 Å². The van der Waals surface area contributed by atoms with Gasteiger partial charge in [0.25, 0.3) is 0 Å². The van der Waals surface area contributed by atoms with E-state index in [2.05, 4.69) is 0 Å². The molecule has 0 saturated carbocycles. The molecule has 4 nitrogen and oxygen atoms in total. The largest absolute Gasteiger partial charge is 0.503 e. The van der Waals surface area contributed by atoms with E-state index in [4.69, 9.17) is 11.6 Å². The Morgan fingerprint density at radius 1 is 1.53 bits per heavy atom. The van der Waals surface area contributed by atoms with E-state index in [1.54, 1.807) is 10.8 Å². The summed E-state index contributed by atoms with van der Waals surface area (Å²) in [6.45, 7) is 3.98. The van der Waals surface area contributed by atoms with Gasteiger partial charge >= 0.3 is 0 Å². The van der Waals surface area contributed by atoms with Crippen LogP contribution in [-0.4, -0.2) is 21.4 Å². The molecule has 0 spiro atoms. The van der Waals surface area contributed by atoms with Crippen molar-refractivity contribution in [1.82, 2.24) is 4.57 Å². The first-order valence-electron chi connectivity index (χ1n) is 5.66. The topological polar surface area (TPSA) is 62.5 Å². The highest BCUT2D eigenvalue weighted by Crippen LogP contribution is 2.25. The van der Waals surface area contributed by atoms with Gasteiger partial charge in [0.05, 0.1) is 24.2 Å². The summed E-state index contributed by atoms with van der Waals surface area (Å²) in [5, 5.41) is 19.1. The fourth-order valence-corrected chi connectivity index (χ4v) is 2.10. The van der Waals surface area contributed by atoms with Crippen molar-refractivity contribution in [1.29, 1.82) is 0 Å². The van der Waals surface area contributed by atoms with Crippen LogP contribution in [0.3, 0.4) is 0 Å². The lowest BCUT2D eigenvalue weighted by atomic mass is 9.99. The van der Waals surface area contributed by atoms with Crippen LogP contribution in [-0.2, 0) is 5.88 Å². The second-order valence-electron chi connectivity index (χ2n) is 4.15. The van der Waals surface area contributed by atoms with Crippen molar-refractivity contribution in [2.24, 2.45) is 5.92 Å². The maximum absolute atomic E-state index is 11.3. The number of aromatic hydroxyl groups is 1. The molecule has 2 N–H and O–H groups in total. The second kappa shape index (κ2) is 6.07. The summed E-state index contributed by atoms with van der Waals surface area (Å²) in [7, 11) is 0. The van der Waals surface area contributed by atoms with Crippen molar-refractivity contribution >= 4 is 11.6 Å². The molecule has 96 valence electrons. The number of aromatic nitrogens is 1. The number of pyridine rings is 1. The first-order chi connectivity index (χ1) is 8.06. The van der Waals surface area contributed by atoms with E-state index in [1.807, 2.05) is 13.8 Å². The summed E-state index contributed by atoms with van der Waals surface area (Å²) in [5.41, 5.74) is -0.0868. The van der Waals surface area contributed by atoms with Crippen LogP contribution in [0, 0.1) is 5.92 Å². The average Bonchev–Trinajstić information content (AvgIpc) is 2.34. The van der Waals surface area contributed by atoms with Crippen LogP contribution in [0.15, 0.2) is 17.1 Å². The van der Waals surface area contributed by atoms with Gasteiger partial charge in [0, 0.05) is 12.3 Å². The van der Waals surface area contributed by atoms with E-state index in [-0.39, 0.29) is 30.2 Å². The minimum atomic E-state index is -0.447. The number of hydrogen-bond acceptors (Lipinski definition) is 3. The minimum absolute atomic E-state index is 0.0366. The molecule has 0 saturated heterocycles. The Morgan fingerprint density at radius 2 is 2.18 bits per heavy atom. The molecule has 0 aliphatic rings. The summed E-state index contributed by atoms with van der Waals surface area (Å²) in [4.78, 5) is 11.3. The van der Waals surface area contributed by atoms with Gasteiger partial charge in [-0.3, -0.25) is 4.79 Å². The van der Waals surface area contributed by atoms with Gasteiger partial charge in [-0.25, -0.2) is 0 Å². The number of halogens is 1. The van der Waals surface area contributed by atoms with Gasteiger partial charge in [-0.05, 0) is 5.92 Å². The Labute approximate surface area is 105 Å². The molecule has 1 unspecified atom stereocenters. The Morgan fingerprint density at radius 3 is 2.65 bits per heavy atom. The quantitative estimate of drug-likeness (QED) is 0.794. The van der Waals surface area contributed by atoms with Gasteiger partial charge < -0.3 is 14.8 Å². The highest BCUT2D eigenvalue weighted by atomic mass is 35.5. The minimum Gasteiger partial charge on any atom is -0.503 e. The third-order valence-electron chi connectivity index (χ3n) is 3.18. The molecule has 0 aliphatic heterocycles. The molecular formula is C12H18ClNO3. The molecule has 1 heterocycles. The normalized spacial score (nSPS) is 14.6. The molecule has 1 aromatic rings. The van der Waals surface area contributed by atoms with Crippen LogP contribution >= 0.6 is 11.6 Å². The molecule has 0 bridgehead atoms. The van der Waals surface area contributed by atoms with Crippen molar-refractivity contribution in [2.45, 2.75) is 32.2 Å². The first kappa shape index (κ1) is 14.1. The third-order valence-corrected chi connectivity index (χ3v) is 3.43. The van der Waals surface area contributed by atoms with E-state index in [0.717, 1.165) is 6.42 Å². The standard InChI is InChI=1S/C12H18ClNO3/c1-3-8(2)10(7-15)14-5-4-11(16)12(17)9(14)6-13/h4-5,8,10,15,17H,3,6-7H2,1-2H3/t8?,10-/m1/s1. The summed E-state index contributed by atoms with van der Waals surface area (Å²) in [5.74, 6) is -0.0670. The summed E-state index contributed by atoms with van der Waals surface area (Å²) in [6, 6.07) is 1.11. The Kier molecular flexibility index (Phi) is 5.02. The first-order valence-corrected chi connectivity index (χ1v) is 6.20. The maximum atomic E-state index is 11.3. The summed E-state index contributed by atoms with van der Waals surface area (Å²) in [6.07, 6.45) is 2.46. The SMILES string of the molecule is CCC(C)[C@@H](CO)n1ccc(=O)c(O)c1CCl. The molecule has 0 aliphatic carbocycles. The summed E-state index contributed by atoms with van der Waals surface area (Å²) < 4.78 is 1.69. The Bertz CT molecular complexity index is 430. The molecule has 5 heteroatoms. The fourth-order valence-electron chi connectivity index (χ4n) is 1.84. The van der Waals surface area contributed by atoms with E-state index in [9.17, 15) is 15.0 Å². The second-order valence-corrected chi connectivity index (χ2v) is 4.42. The van der Waals surface area contributed by atoms with Gasteiger partial charge in [0.15, 0.2) is 5.75 Å². The highest BCUT2D eigenvalue weighted by Gasteiger charge is 2.20. The lowest BCUT2D eigenvalue weighted by Gasteiger charge is -2.26. The van der Waals surface area contributed by atoms with E-state index in [0.29, 0.717) is 5.69 Å². The zero-order valence-electron chi connectivity index (χ0n) is 10.1. The van der Waals surface area contributed by atoms with Crippen LogP contribution in [0.4, 0.5) is 0 Å². The van der Waals surface area contributed by atoms with Crippen LogP contribution < -0.4 is 5.43 Å². The fraction of sp³-hybridized carbons (Fsp3) is 0.583. The molecule has 17 heavy (non-hydrogen) atoms. The summed E-state index contributed by atoms with van der Waals surface area (Å²) >= 11 is 5.76. The van der Waals surface area contributed by atoms with Crippen molar-refractivity contribution in [3.8, 4) is 5.75 Å². The molecule has 0 radical (unpaired) electrons. The number of aliphatic hydroxyl groups is 1. The maximum Gasteiger partial charge on any atom is 0.223 e. The molecule has 1 rings (SSSR count). The number of alkyl halides is 1. The van der Waals surface area contributed by atoms with Gasteiger partial charge in [-0.2, -0.15) is 0 Å². The van der Waals surface area contributed by atoms with Crippen molar-refractivity contribution in [3.05, 3.63) is 28.2 Å². The molecular weight excluding hydrogens is 242 g/mol. The zero-order valence-corrected chi connectivity index (χ0v) is 10.8. The van der Waals surface area contributed by atoms with Crippen LogP contribution in [0.2, 0.25) is 0 Å². The smallest absolute Gasteiger partial charge is 0.223 e. The molecule has 0 aromatic carbocycles.